The summed E-state index contributed by atoms with van der Waals surface area (Å²) >= 11 is 1.30. The highest BCUT2D eigenvalue weighted by molar-refractivity contribution is 7.09. The first kappa shape index (κ1) is 15.1. The van der Waals surface area contributed by atoms with E-state index < -0.39 is 5.97 Å². The van der Waals surface area contributed by atoms with Crippen LogP contribution in [0.15, 0.2) is 29.6 Å². The van der Waals surface area contributed by atoms with Gasteiger partial charge in [-0.25, -0.2) is 9.78 Å². The van der Waals surface area contributed by atoms with Crippen molar-refractivity contribution in [3.8, 4) is 0 Å². The molecule has 0 saturated carbocycles. The number of amides is 1. The molecule has 2 N–H and O–H groups in total. The standard InChI is InChI=1S/C14H14N2O4S/c1-20-14(19)10-4-2-3-5-11(10)16-12(18)6-13-15-9(7-17)8-21-13/h2-5,8,17H,6-7H2,1H3,(H,16,18). The number of anilines is 1. The number of nitrogens with zero attached hydrogens (tertiary/aromatic N) is 1. The van der Waals surface area contributed by atoms with Gasteiger partial charge in [-0.1, -0.05) is 12.1 Å². The maximum absolute atomic E-state index is 12.0. The summed E-state index contributed by atoms with van der Waals surface area (Å²) in [5.41, 5.74) is 1.23. The molecule has 6 nitrogen and oxygen atoms in total. The number of methoxy groups -OCH3 is 1. The Kier molecular flexibility index (Phi) is 5.02. The molecule has 21 heavy (non-hydrogen) atoms. The van der Waals surface area contributed by atoms with Gasteiger partial charge < -0.3 is 15.2 Å². The summed E-state index contributed by atoms with van der Waals surface area (Å²) in [6.45, 7) is -0.150. The van der Waals surface area contributed by atoms with E-state index >= 15 is 0 Å². The normalized spacial score (nSPS) is 10.2. The minimum Gasteiger partial charge on any atom is -0.465 e. The smallest absolute Gasteiger partial charge is 0.339 e. The van der Waals surface area contributed by atoms with Crippen molar-refractivity contribution in [3.05, 3.63) is 45.9 Å². The highest BCUT2D eigenvalue weighted by atomic mass is 32.1. The van der Waals surface area contributed by atoms with E-state index in [0.717, 1.165) is 0 Å². The van der Waals surface area contributed by atoms with Crippen LogP contribution in [0.2, 0.25) is 0 Å². The maximum atomic E-state index is 12.0. The summed E-state index contributed by atoms with van der Waals surface area (Å²) in [4.78, 5) is 27.7. The SMILES string of the molecule is COC(=O)c1ccccc1NC(=O)Cc1nc(CO)cs1. The van der Waals surface area contributed by atoms with Gasteiger partial charge >= 0.3 is 5.97 Å². The average Bonchev–Trinajstić information content (AvgIpc) is 2.94. The van der Waals surface area contributed by atoms with Crippen LogP contribution in [0.5, 0.6) is 0 Å². The molecule has 0 radical (unpaired) electrons. The van der Waals surface area contributed by atoms with Gasteiger partial charge in [-0.05, 0) is 12.1 Å². The average molecular weight is 306 g/mol. The molecule has 0 fully saturated rings. The molecule has 0 spiro atoms. The lowest BCUT2D eigenvalue weighted by Gasteiger charge is -2.08. The Balaban J connectivity index is 2.07. The van der Waals surface area contributed by atoms with Crippen molar-refractivity contribution in [2.45, 2.75) is 13.0 Å². The number of nitrogens with one attached hydrogen (secondary N) is 1. The summed E-state index contributed by atoms with van der Waals surface area (Å²) in [6, 6.07) is 6.62. The predicted molar refractivity (Wildman–Crippen MR) is 78.2 cm³/mol. The zero-order chi connectivity index (χ0) is 15.2. The molecule has 0 aliphatic carbocycles. The summed E-state index contributed by atoms with van der Waals surface area (Å²) in [7, 11) is 1.28. The fraction of sp³-hybridized carbons (Fsp3) is 0.214. The molecule has 0 bridgehead atoms. The number of carbonyl (C=O) groups excluding carboxylic acids is 2. The van der Waals surface area contributed by atoms with E-state index in [1.165, 1.54) is 18.4 Å². The number of aromatic nitrogens is 1. The van der Waals surface area contributed by atoms with Gasteiger partial charge in [0.25, 0.3) is 0 Å². The molecule has 1 amide bonds. The van der Waals surface area contributed by atoms with Crippen molar-refractivity contribution >= 4 is 28.9 Å². The van der Waals surface area contributed by atoms with Crippen LogP contribution in [0, 0.1) is 0 Å². The van der Waals surface area contributed by atoms with Gasteiger partial charge in [0.1, 0.15) is 5.01 Å². The highest BCUT2D eigenvalue weighted by Crippen LogP contribution is 2.17. The molecule has 0 aliphatic heterocycles. The summed E-state index contributed by atoms with van der Waals surface area (Å²) in [5.74, 6) is -0.798. The van der Waals surface area contributed by atoms with Crippen LogP contribution in [-0.2, 0) is 22.6 Å². The molecule has 0 unspecified atom stereocenters. The molecule has 1 aromatic heterocycles. The van der Waals surface area contributed by atoms with Gasteiger partial charge in [0.15, 0.2) is 0 Å². The number of ether oxygens (including phenoxy) is 1. The number of para-hydroxylation sites is 1. The zero-order valence-electron chi connectivity index (χ0n) is 11.3. The largest absolute Gasteiger partial charge is 0.465 e. The van der Waals surface area contributed by atoms with E-state index in [9.17, 15) is 9.59 Å². The third kappa shape index (κ3) is 3.87. The van der Waals surface area contributed by atoms with Crippen molar-refractivity contribution < 1.29 is 19.4 Å². The van der Waals surface area contributed by atoms with E-state index in [-0.39, 0.29) is 18.9 Å². The third-order valence-corrected chi connectivity index (χ3v) is 3.58. The first-order valence-corrected chi connectivity index (χ1v) is 7.03. The lowest BCUT2D eigenvalue weighted by molar-refractivity contribution is -0.115. The lowest BCUT2D eigenvalue weighted by atomic mass is 10.1. The van der Waals surface area contributed by atoms with Crippen LogP contribution in [0.25, 0.3) is 0 Å². The number of rotatable bonds is 5. The van der Waals surface area contributed by atoms with Crippen molar-refractivity contribution in [1.29, 1.82) is 0 Å². The summed E-state index contributed by atoms with van der Waals surface area (Å²) in [5, 5.41) is 13.9. The molecule has 0 saturated heterocycles. The number of aliphatic hydroxyl groups is 1. The fourth-order valence-electron chi connectivity index (χ4n) is 1.71. The van der Waals surface area contributed by atoms with Crippen molar-refractivity contribution in [1.82, 2.24) is 4.98 Å². The van der Waals surface area contributed by atoms with Crippen LogP contribution in [0.1, 0.15) is 21.1 Å². The minimum absolute atomic E-state index is 0.0835. The molecule has 1 aromatic carbocycles. The Morgan fingerprint density at radius 2 is 2.14 bits per heavy atom. The Labute approximate surface area is 125 Å². The second-order valence-corrected chi connectivity index (χ2v) is 5.10. The molecular formula is C14H14N2O4S. The van der Waals surface area contributed by atoms with Crippen LogP contribution >= 0.6 is 11.3 Å². The predicted octanol–water partition coefficient (Wildman–Crippen LogP) is 1.60. The number of hydrogen-bond acceptors (Lipinski definition) is 6. The third-order valence-electron chi connectivity index (χ3n) is 2.68. The topological polar surface area (TPSA) is 88.5 Å². The molecule has 0 aliphatic rings. The Hall–Kier alpha value is -2.25. The zero-order valence-corrected chi connectivity index (χ0v) is 12.1. The number of thiazole rings is 1. The van der Waals surface area contributed by atoms with Gasteiger partial charge in [-0.3, -0.25) is 4.79 Å². The molecule has 7 heteroatoms. The van der Waals surface area contributed by atoms with E-state index in [1.54, 1.807) is 29.6 Å². The number of hydrogen-bond donors (Lipinski definition) is 2. The van der Waals surface area contributed by atoms with E-state index in [2.05, 4.69) is 15.0 Å². The first-order valence-electron chi connectivity index (χ1n) is 6.15. The monoisotopic (exact) mass is 306 g/mol. The van der Waals surface area contributed by atoms with Crippen LogP contribution in [0.4, 0.5) is 5.69 Å². The van der Waals surface area contributed by atoms with E-state index in [4.69, 9.17) is 5.11 Å². The van der Waals surface area contributed by atoms with Crippen molar-refractivity contribution in [2.24, 2.45) is 0 Å². The molecular weight excluding hydrogens is 292 g/mol. The van der Waals surface area contributed by atoms with Gasteiger partial charge in [-0.15, -0.1) is 11.3 Å². The number of aliphatic hydroxyl groups excluding tert-OH is 1. The van der Waals surface area contributed by atoms with Crippen LogP contribution in [-0.4, -0.2) is 29.1 Å². The van der Waals surface area contributed by atoms with Crippen LogP contribution in [0.3, 0.4) is 0 Å². The highest BCUT2D eigenvalue weighted by Gasteiger charge is 2.14. The number of esters is 1. The Morgan fingerprint density at radius 3 is 2.81 bits per heavy atom. The Morgan fingerprint density at radius 1 is 1.38 bits per heavy atom. The number of benzene rings is 1. The minimum atomic E-state index is -0.511. The molecule has 2 aromatic rings. The quantitative estimate of drug-likeness (QED) is 0.819. The lowest BCUT2D eigenvalue weighted by Crippen LogP contribution is -2.17. The van der Waals surface area contributed by atoms with Gasteiger partial charge in [0, 0.05) is 5.38 Å². The fourth-order valence-corrected chi connectivity index (χ4v) is 2.50. The summed E-state index contributed by atoms with van der Waals surface area (Å²) < 4.78 is 4.67. The van der Waals surface area contributed by atoms with Crippen molar-refractivity contribution in [2.75, 3.05) is 12.4 Å². The first-order chi connectivity index (χ1) is 10.1. The summed E-state index contributed by atoms with van der Waals surface area (Å²) in [6.07, 6.45) is 0.0835. The van der Waals surface area contributed by atoms with E-state index in [1.807, 2.05) is 0 Å². The van der Waals surface area contributed by atoms with Crippen molar-refractivity contribution in [3.63, 3.8) is 0 Å². The Bertz CT molecular complexity index is 654. The molecule has 1 heterocycles. The molecule has 0 atom stereocenters. The van der Waals surface area contributed by atoms with Gasteiger partial charge in [0.05, 0.1) is 37.1 Å². The number of carbonyl (C=O) groups is 2. The molecule has 2 rings (SSSR count). The van der Waals surface area contributed by atoms with Gasteiger partial charge in [-0.2, -0.15) is 0 Å². The van der Waals surface area contributed by atoms with Crippen LogP contribution < -0.4 is 5.32 Å². The maximum Gasteiger partial charge on any atom is 0.339 e. The van der Waals surface area contributed by atoms with E-state index in [0.29, 0.717) is 22.0 Å². The second kappa shape index (κ2) is 6.96. The van der Waals surface area contributed by atoms with Gasteiger partial charge in [0.2, 0.25) is 5.91 Å². The molecule has 110 valence electrons. The second-order valence-electron chi connectivity index (χ2n) is 4.15.